The van der Waals surface area contributed by atoms with Gasteiger partial charge in [0.25, 0.3) is 5.91 Å². The number of rotatable bonds is 3. The number of aryl methyl sites for hydroxylation is 1. The normalized spacial score (nSPS) is 10.1. The van der Waals surface area contributed by atoms with E-state index < -0.39 is 0 Å². The zero-order valence-corrected chi connectivity index (χ0v) is 11.0. The van der Waals surface area contributed by atoms with Crippen LogP contribution in [-0.4, -0.2) is 13.0 Å². The lowest BCUT2D eigenvalue weighted by Crippen LogP contribution is -2.13. The number of methoxy groups -OCH3 is 1. The van der Waals surface area contributed by atoms with Crippen LogP contribution in [0.5, 0.6) is 5.75 Å². The minimum Gasteiger partial charge on any atom is -0.495 e. The van der Waals surface area contributed by atoms with Crippen molar-refractivity contribution in [3.05, 3.63) is 40.1 Å². The summed E-state index contributed by atoms with van der Waals surface area (Å²) in [6.07, 6.45) is 0. The van der Waals surface area contributed by atoms with Crippen molar-refractivity contribution >= 4 is 28.6 Å². The Hall–Kier alpha value is -2.01. The Labute approximate surface area is 109 Å². The molecule has 94 valence electrons. The summed E-state index contributed by atoms with van der Waals surface area (Å²) < 4.78 is 5.18. The van der Waals surface area contributed by atoms with Gasteiger partial charge in [-0.2, -0.15) is 11.3 Å². The Balaban J connectivity index is 2.27. The van der Waals surface area contributed by atoms with Crippen LogP contribution in [0.25, 0.3) is 0 Å². The van der Waals surface area contributed by atoms with Gasteiger partial charge in [0.1, 0.15) is 5.75 Å². The summed E-state index contributed by atoms with van der Waals surface area (Å²) in [5, 5.41) is 6.57. The fourth-order valence-corrected chi connectivity index (χ4v) is 2.43. The standard InChI is InChI=1S/C13H14N2O2S/c1-8-6-18-7-10(8)13(16)15-11-5-9(14)3-4-12(11)17-2/h3-7H,14H2,1-2H3,(H,15,16). The lowest BCUT2D eigenvalue weighted by Gasteiger charge is -2.10. The first kappa shape index (κ1) is 12.4. The molecule has 0 atom stereocenters. The lowest BCUT2D eigenvalue weighted by atomic mass is 10.2. The summed E-state index contributed by atoms with van der Waals surface area (Å²) in [6, 6.07) is 5.13. The Morgan fingerprint density at radius 2 is 2.17 bits per heavy atom. The Morgan fingerprint density at radius 3 is 2.78 bits per heavy atom. The number of hydrogen-bond acceptors (Lipinski definition) is 4. The Morgan fingerprint density at radius 1 is 1.39 bits per heavy atom. The van der Waals surface area contributed by atoms with Gasteiger partial charge in [-0.3, -0.25) is 4.79 Å². The molecule has 2 aromatic rings. The molecule has 4 nitrogen and oxygen atoms in total. The number of carbonyl (C=O) groups is 1. The molecule has 3 N–H and O–H groups in total. The van der Waals surface area contributed by atoms with Crippen molar-refractivity contribution in [1.29, 1.82) is 0 Å². The van der Waals surface area contributed by atoms with Crippen LogP contribution < -0.4 is 15.8 Å². The van der Waals surface area contributed by atoms with Crippen molar-refractivity contribution in [3.63, 3.8) is 0 Å². The summed E-state index contributed by atoms with van der Waals surface area (Å²) >= 11 is 1.50. The molecule has 2 rings (SSSR count). The topological polar surface area (TPSA) is 64.3 Å². The molecule has 0 saturated carbocycles. The fraction of sp³-hybridized carbons (Fsp3) is 0.154. The number of thiophene rings is 1. The molecule has 5 heteroatoms. The third-order valence-corrected chi connectivity index (χ3v) is 3.43. The SMILES string of the molecule is COc1ccc(N)cc1NC(=O)c1cscc1C. The highest BCUT2D eigenvalue weighted by Gasteiger charge is 2.12. The van der Waals surface area contributed by atoms with Crippen molar-refractivity contribution in [2.45, 2.75) is 6.92 Å². The Kier molecular flexibility index (Phi) is 3.53. The summed E-state index contributed by atoms with van der Waals surface area (Å²) in [5.41, 5.74) is 8.49. The molecule has 1 aromatic carbocycles. The van der Waals surface area contributed by atoms with E-state index in [2.05, 4.69) is 5.32 Å². The van der Waals surface area contributed by atoms with Crippen LogP contribution in [-0.2, 0) is 0 Å². The molecule has 0 aliphatic rings. The maximum atomic E-state index is 12.1. The van der Waals surface area contributed by atoms with Gasteiger partial charge in [0, 0.05) is 11.1 Å². The van der Waals surface area contributed by atoms with Crippen LogP contribution in [0.3, 0.4) is 0 Å². The van der Waals surface area contributed by atoms with Crippen LogP contribution in [0.1, 0.15) is 15.9 Å². The van der Waals surface area contributed by atoms with E-state index in [4.69, 9.17) is 10.5 Å². The maximum Gasteiger partial charge on any atom is 0.256 e. The molecule has 0 aliphatic carbocycles. The molecular weight excluding hydrogens is 248 g/mol. The molecule has 1 aromatic heterocycles. The van der Waals surface area contributed by atoms with Gasteiger partial charge >= 0.3 is 0 Å². The molecule has 0 aliphatic heterocycles. The molecule has 1 amide bonds. The quantitative estimate of drug-likeness (QED) is 0.836. The van der Waals surface area contributed by atoms with Gasteiger partial charge in [-0.05, 0) is 36.1 Å². The van der Waals surface area contributed by atoms with Gasteiger partial charge in [0.2, 0.25) is 0 Å². The smallest absolute Gasteiger partial charge is 0.256 e. The molecule has 0 saturated heterocycles. The number of nitrogen functional groups attached to an aromatic ring is 1. The van der Waals surface area contributed by atoms with Gasteiger partial charge in [0.05, 0.1) is 18.4 Å². The minimum atomic E-state index is -0.155. The van der Waals surface area contributed by atoms with Crippen molar-refractivity contribution < 1.29 is 9.53 Å². The number of nitrogens with two attached hydrogens (primary N) is 1. The van der Waals surface area contributed by atoms with Gasteiger partial charge in [-0.1, -0.05) is 0 Å². The van der Waals surface area contributed by atoms with E-state index in [0.29, 0.717) is 22.7 Å². The number of anilines is 2. The molecule has 0 fully saturated rings. The van der Waals surface area contributed by atoms with Crippen molar-refractivity contribution in [2.24, 2.45) is 0 Å². The average Bonchev–Trinajstić information content (AvgIpc) is 2.76. The van der Waals surface area contributed by atoms with E-state index in [1.807, 2.05) is 17.7 Å². The lowest BCUT2D eigenvalue weighted by molar-refractivity contribution is 0.102. The highest BCUT2D eigenvalue weighted by atomic mass is 32.1. The van der Waals surface area contributed by atoms with Gasteiger partial charge < -0.3 is 15.8 Å². The molecule has 1 heterocycles. The van der Waals surface area contributed by atoms with Crippen molar-refractivity contribution in [2.75, 3.05) is 18.2 Å². The van der Waals surface area contributed by atoms with E-state index in [9.17, 15) is 4.79 Å². The van der Waals surface area contributed by atoms with E-state index >= 15 is 0 Å². The largest absolute Gasteiger partial charge is 0.495 e. The molecular formula is C13H14N2O2S. The van der Waals surface area contributed by atoms with E-state index in [1.54, 1.807) is 25.3 Å². The number of benzene rings is 1. The zero-order valence-electron chi connectivity index (χ0n) is 10.2. The fourth-order valence-electron chi connectivity index (χ4n) is 1.61. The van der Waals surface area contributed by atoms with E-state index in [0.717, 1.165) is 5.56 Å². The molecule has 18 heavy (non-hydrogen) atoms. The highest BCUT2D eigenvalue weighted by molar-refractivity contribution is 7.08. The van der Waals surface area contributed by atoms with Crippen LogP contribution >= 0.6 is 11.3 Å². The predicted molar refractivity (Wildman–Crippen MR) is 74.4 cm³/mol. The number of hydrogen-bond donors (Lipinski definition) is 2. The van der Waals surface area contributed by atoms with Gasteiger partial charge in [0.15, 0.2) is 0 Å². The number of carbonyl (C=O) groups excluding carboxylic acids is 1. The third kappa shape index (κ3) is 2.46. The first-order chi connectivity index (χ1) is 8.61. The average molecular weight is 262 g/mol. The number of ether oxygens (including phenoxy) is 1. The number of nitrogens with one attached hydrogen (secondary N) is 1. The maximum absolute atomic E-state index is 12.1. The van der Waals surface area contributed by atoms with E-state index in [1.165, 1.54) is 11.3 Å². The summed E-state index contributed by atoms with van der Waals surface area (Å²) in [7, 11) is 1.55. The molecule has 0 spiro atoms. The van der Waals surface area contributed by atoms with E-state index in [-0.39, 0.29) is 5.91 Å². The van der Waals surface area contributed by atoms with Gasteiger partial charge in [-0.25, -0.2) is 0 Å². The number of amides is 1. The van der Waals surface area contributed by atoms with Crippen molar-refractivity contribution in [1.82, 2.24) is 0 Å². The van der Waals surface area contributed by atoms with Crippen LogP contribution in [0.4, 0.5) is 11.4 Å². The zero-order chi connectivity index (χ0) is 13.1. The summed E-state index contributed by atoms with van der Waals surface area (Å²) in [5.74, 6) is 0.433. The molecule has 0 unspecified atom stereocenters. The van der Waals surface area contributed by atoms with Crippen LogP contribution in [0.15, 0.2) is 29.0 Å². The second kappa shape index (κ2) is 5.10. The highest BCUT2D eigenvalue weighted by Crippen LogP contribution is 2.27. The van der Waals surface area contributed by atoms with Crippen molar-refractivity contribution in [3.8, 4) is 5.75 Å². The second-order valence-corrected chi connectivity index (χ2v) is 4.63. The third-order valence-electron chi connectivity index (χ3n) is 2.57. The van der Waals surface area contributed by atoms with Crippen LogP contribution in [0.2, 0.25) is 0 Å². The summed E-state index contributed by atoms with van der Waals surface area (Å²) in [4.78, 5) is 12.1. The first-order valence-electron chi connectivity index (χ1n) is 5.39. The monoisotopic (exact) mass is 262 g/mol. The Bertz CT molecular complexity index is 578. The summed E-state index contributed by atoms with van der Waals surface area (Å²) in [6.45, 7) is 1.90. The van der Waals surface area contributed by atoms with Crippen LogP contribution in [0, 0.1) is 6.92 Å². The molecule has 0 radical (unpaired) electrons. The molecule has 0 bridgehead atoms. The minimum absolute atomic E-state index is 0.155. The predicted octanol–water partition coefficient (Wildman–Crippen LogP) is 2.90. The first-order valence-corrected chi connectivity index (χ1v) is 6.33. The van der Waals surface area contributed by atoms with Gasteiger partial charge in [-0.15, -0.1) is 0 Å². The second-order valence-electron chi connectivity index (χ2n) is 3.88.